The zero-order chi connectivity index (χ0) is 28.4. The van der Waals surface area contributed by atoms with Gasteiger partial charge in [-0.1, -0.05) is 29.8 Å². The number of aryl methyl sites for hydroxylation is 2. The molecule has 1 aliphatic heterocycles. The number of carboxylic acids is 1. The molecule has 0 aliphatic carbocycles. The van der Waals surface area contributed by atoms with Crippen LogP contribution in [0.2, 0.25) is 0 Å². The Morgan fingerprint density at radius 3 is 2.60 bits per heavy atom. The van der Waals surface area contributed by atoms with Crippen LogP contribution in [-0.4, -0.2) is 60.8 Å². The third-order valence-electron chi connectivity index (χ3n) is 7.17. The fourth-order valence-electron chi connectivity index (χ4n) is 4.98. The summed E-state index contributed by atoms with van der Waals surface area (Å²) in [5.74, 6) is -1.80. The fourth-order valence-corrected chi connectivity index (χ4v) is 4.98. The number of carboxylic acid groups (broad SMARTS) is 1. The van der Waals surface area contributed by atoms with E-state index in [1.54, 1.807) is 24.1 Å². The zero-order valence-corrected chi connectivity index (χ0v) is 22.3. The van der Waals surface area contributed by atoms with Crippen LogP contribution in [0.1, 0.15) is 27.0 Å². The number of pyridine rings is 2. The number of nitrogens with one attached hydrogen (secondary N) is 1. The minimum absolute atomic E-state index is 0.0107. The number of nitriles is 1. The van der Waals surface area contributed by atoms with Gasteiger partial charge in [0.15, 0.2) is 0 Å². The van der Waals surface area contributed by atoms with Gasteiger partial charge in [-0.05, 0) is 30.5 Å². The van der Waals surface area contributed by atoms with E-state index in [0.29, 0.717) is 31.4 Å². The molecule has 1 amide bonds. The fraction of sp³-hybridized carbons (Fsp3) is 0.310. The standard InChI is InChI=1S/C29H29N7O4/c1-18-3-5-19(6-4-18)11-32-28(39)24-9-23-22(7-8-35-14-20(10-30)15-35)25(21-12-33-34(2)16-21)13-31-27(23)36(29(24)40)17-26(37)38/h3-6,9,12-13,16,20H,7-8,11,14-15,17H2,1-2H3,(H,32,39)(H,37,38). The van der Waals surface area contributed by atoms with Gasteiger partial charge in [0.2, 0.25) is 0 Å². The maximum atomic E-state index is 13.4. The molecule has 1 fully saturated rings. The molecule has 1 aromatic carbocycles. The third kappa shape index (κ3) is 5.48. The summed E-state index contributed by atoms with van der Waals surface area (Å²) < 4.78 is 2.72. The van der Waals surface area contributed by atoms with E-state index < -0.39 is 24.0 Å². The van der Waals surface area contributed by atoms with Crippen LogP contribution in [0.5, 0.6) is 0 Å². The van der Waals surface area contributed by atoms with Crippen molar-refractivity contribution in [2.75, 3.05) is 19.6 Å². The average Bonchev–Trinajstić information content (AvgIpc) is 3.34. The van der Waals surface area contributed by atoms with Crippen LogP contribution in [-0.2, 0) is 31.4 Å². The van der Waals surface area contributed by atoms with Crippen molar-refractivity contribution < 1.29 is 14.7 Å². The molecule has 4 aromatic rings. The molecule has 0 atom stereocenters. The molecule has 0 spiro atoms. The summed E-state index contributed by atoms with van der Waals surface area (Å²) in [5, 5.41) is 26.3. The highest BCUT2D eigenvalue weighted by molar-refractivity contribution is 5.98. The lowest BCUT2D eigenvalue weighted by Crippen LogP contribution is -2.46. The van der Waals surface area contributed by atoms with Gasteiger partial charge >= 0.3 is 5.97 Å². The molecule has 204 valence electrons. The van der Waals surface area contributed by atoms with Gasteiger partial charge in [-0.15, -0.1) is 0 Å². The number of benzene rings is 1. The highest BCUT2D eigenvalue weighted by Gasteiger charge is 2.27. The Labute approximate surface area is 230 Å². The van der Waals surface area contributed by atoms with Crippen molar-refractivity contribution in [3.63, 3.8) is 0 Å². The van der Waals surface area contributed by atoms with Gasteiger partial charge in [0, 0.05) is 62.1 Å². The molecule has 0 bridgehead atoms. The summed E-state index contributed by atoms with van der Waals surface area (Å²) in [6, 6.07) is 11.5. The first-order valence-corrected chi connectivity index (χ1v) is 13.0. The van der Waals surface area contributed by atoms with Gasteiger partial charge in [-0.2, -0.15) is 10.4 Å². The molecule has 11 nitrogen and oxygen atoms in total. The van der Waals surface area contributed by atoms with Crippen LogP contribution >= 0.6 is 0 Å². The Morgan fingerprint density at radius 1 is 1.20 bits per heavy atom. The molecule has 2 N–H and O–H groups in total. The van der Waals surface area contributed by atoms with E-state index in [-0.39, 0.29) is 23.7 Å². The van der Waals surface area contributed by atoms with E-state index in [0.717, 1.165) is 32.4 Å². The van der Waals surface area contributed by atoms with Crippen LogP contribution in [0.25, 0.3) is 22.2 Å². The molecule has 0 saturated carbocycles. The van der Waals surface area contributed by atoms with E-state index in [1.807, 2.05) is 37.4 Å². The quantitative estimate of drug-likeness (QED) is 0.329. The lowest BCUT2D eigenvalue weighted by atomic mass is 9.95. The molecule has 0 radical (unpaired) electrons. The molecule has 4 heterocycles. The number of amides is 1. The first kappa shape index (κ1) is 26.8. The van der Waals surface area contributed by atoms with Crippen molar-refractivity contribution in [2.45, 2.75) is 26.4 Å². The Bertz CT molecular complexity index is 1690. The maximum absolute atomic E-state index is 13.4. The minimum Gasteiger partial charge on any atom is -0.480 e. The summed E-state index contributed by atoms with van der Waals surface area (Å²) in [5.41, 5.74) is 3.71. The second kappa shape index (κ2) is 11.1. The van der Waals surface area contributed by atoms with E-state index in [1.165, 1.54) is 6.07 Å². The molecule has 3 aromatic heterocycles. The number of fused-ring (bicyclic) bond motifs is 1. The van der Waals surface area contributed by atoms with Crippen molar-refractivity contribution in [3.8, 4) is 17.2 Å². The van der Waals surface area contributed by atoms with Gasteiger partial charge in [-0.25, -0.2) is 4.98 Å². The highest BCUT2D eigenvalue weighted by atomic mass is 16.4. The number of aromatic nitrogens is 4. The number of hydrogen-bond acceptors (Lipinski definition) is 7. The molecule has 5 rings (SSSR count). The summed E-state index contributed by atoms with van der Waals surface area (Å²) in [7, 11) is 1.81. The summed E-state index contributed by atoms with van der Waals surface area (Å²) in [6.07, 6.45) is 5.73. The second-order valence-corrected chi connectivity index (χ2v) is 10.1. The predicted molar refractivity (Wildman–Crippen MR) is 147 cm³/mol. The van der Waals surface area contributed by atoms with Crippen LogP contribution in [0.15, 0.2) is 53.7 Å². The molecular weight excluding hydrogens is 510 g/mol. The summed E-state index contributed by atoms with van der Waals surface area (Å²) in [4.78, 5) is 45.1. The van der Waals surface area contributed by atoms with Crippen LogP contribution in [0.4, 0.5) is 0 Å². The van der Waals surface area contributed by atoms with Gasteiger partial charge < -0.3 is 15.3 Å². The minimum atomic E-state index is -1.22. The summed E-state index contributed by atoms with van der Waals surface area (Å²) in [6.45, 7) is 3.56. The number of carbonyl (C=O) groups is 2. The van der Waals surface area contributed by atoms with Crippen molar-refractivity contribution in [1.29, 1.82) is 5.26 Å². The molecular formula is C29H29N7O4. The first-order valence-electron chi connectivity index (χ1n) is 13.0. The Kier molecular flexibility index (Phi) is 7.44. The number of aliphatic carboxylic acids is 1. The Hall–Kier alpha value is -4.82. The number of rotatable bonds is 9. The average molecular weight is 540 g/mol. The van der Waals surface area contributed by atoms with Crippen molar-refractivity contribution in [3.05, 3.63) is 81.5 Å². The predicted octanol–water partition coefficient (Wildman–Crippen LogP) is 2.12. The van der Waals surface area contributed by atoms with Crippen LogP contribution in [0, 0.1) is 24.2 Å². The van der Waals surface area contributed by atoms with Crippen molar-refractivity contribution >= 4 is 22.9 Å². The van der Waals surface area contributed by atoms with Gasteiger partial charge in [-0.3, -0.25) is 23.6 Å². The molecule has 1 saturated heterocycles. The maximum Gasteiger partial charge on any atom is 0.323 e. The molecule has 40 heavy (non-hydrogen) atoms. The number of carbonyl (C=O) groups excluding carboxylic acids is 1. The van der Waals surface area contributed by atoms with Crippen molar-refractivity contribution in [2.24, 2.45) is 13.0 Å². The molecule has 1 aliphatic rings. The van der Waals surface area contributed by atoms with E-state index in [2.05, 4.69) is 26.4 Å². The van der Waals surface area contributed by atoms with Crippen molar-refractivity contribution in [1.82, 2.24) is 29.5 Å². The Balaban J connectivity index is 1.59. The summed E-state index contributed by atoms with van der Waals surface area (Å²) >= 11 is 0. The van der Waals surface area contributed by atoms with Crippen LogP contribution in [0.3, 0.4) is 0 Å². The largest absolute Gasteiger partial charge is 0.480 e. The second-order valence-electron chi connectivity index (χ2n) is 10.1. The van der Waals surface area contributed by atoms with E-state index in [9.17, 15) is 19.5 Å². The SMILES string of the molecule is Cc1ccc(CNC(=O)c2cc3c(CCN4CC(C#N)C4)c(-c4cnn(C)c4)cnc3n(CC(=O)O)c2=O)cc1. The van der Waals surface area contributed by atoms with E-state index in [4.69, 9.17) is 5.26 Å². The smallest absolute Gasteiger partial charge is 0.323 e. The van der Waals surface area contributed by atoms with Gasteiger partial charge in [0.25, 0.3) is 11.5 Å². The topological polar surface area (TPSA) is 146 Å². The van der Waals surface area contributed by atoms with E-state index >= 15 is 0 Å². The number of nitrogens with zero attached hydrogens (tertiary/aromatic N) is 6. The normalized spacial score (nSPS) is 13.6. The molecule has 0 unspecified atom stereocenters. The lowest BCUT2D eigenvalue weighted by Gasteiger charge is -2.35. The molecule has 11 heteroatoms. The van der Waals surface area contributed by atoms with Gasteiger partial charge in [0.05, 0.1) is 18.2 Å². The van der Waals surface area contributed by atoms with Crippen LogP contribution < -0.4 is 10.9 Å². The highest BCUT2D eigenvalue weighted by Crippen LogP contribution is 2.30. The Morgan fingerprint density at radius 2 is 1.95 bits per heavy atom. The third-order valence-corrected chi connectivity index (χ3v) is 7.17. The number of likely N-dealkylation sites (tertiary alicyclic amines) is 1. The monoisotopic (exact) mass is 539 g/mol. The lowest BCUT2D eigenvalue weighted by molar-refractivity contribution is -0.137. The van der Waals surface area contributed by atoms with Gasteiger partial charge in [0.1, 0.15) is 17.8 Å². The first-order chi connectivity index (χ1) is 19.2. The number of hydrogen-bond donors (Lipinski definition) is 2. The zero-order valence-electron chi connectivity index (χ0n) is 22.3.